The van der Waals surface area contributed by atoms with Gasteiger partial charge < -0.3 is 10.1 Å². The van der Waals surface area contributed by atoms with Crippen LogP contribution in [0, 0.1) is 16.0 Å². The van der Waals surface area contributed by atoms with Crippen molar-refractivity contribution in [2.24, 2.45) is 5.92 Å². The summed E-state index contributed by atoms with van der Waals surface area (Å²) in [5.74, 6) is 1.32. The van der Waals surface area contributed by atoms with Gasteiger partial charge in [-0.1, -0.05) is 13.8 Å². The van der Waals surface area contributed by atoms with Gasteiger partial charge in [0, 0.05) is 37.3 Å². The van der Waals surface area contributed by atoms with E-state index in [4.69, 9.17) is 4.74 Å². The molecule has 0 spiro atoms. The highest BCUT2D eigenvalue weighted by molar-refractivity contribution is 5.82. The van der Waals surface area contributed by atoms with Crippen molar-refractivity contribution in [3.8, 4) is 0 Å². The summed E-state index contributed by atoms with van der Waals surface area (Å²) in [4.78, 5) is 14.8. The molecule has 0 bridgehead atoms. The lowest BCUT2D eigenvalue weighted by Crippen LogP contribution is -2.09. The maximum atomic E-state index is 10.7. The highest BCUT2D eigenvalue weighted by Gasteiger charge is 2.07. The molecular weight excluding hydrogens is 282 g/mol. The van der Waals surface area contributed by atoms with E-state index in [9.17, 15) is 10.1 Å². The summed E-state index contributed by atoms with van der Waals surface area (Å²) < 4.78 is 5.51. The van der Waals surface area contributed by atoms with E-state index in [0.717, 1.165) is 42.9 Å². The summed E-state index contributed by atoms with van der Waals surface area (Å²) in [5.41, 5.74) is 0.823. The zero-order valence-corrected chi connectivity index (χ0v) is 12.9. The lowest BCUT2D eigenvalue weighted by molar-refractivity contribution is -0.384. The van der Waals surface area contributed by atoms with Gasteiger partial charge in [0.1, 0.15) is 5.82 Å². The number of nitrogens with zero attached hydrogens (tertiary/aromatic N) is 2. The maximum Gasteiger partial charge on any atom is 0.270 e. The molecule has 0 fully saturated rings. The van der Waals surface area contributed by atoms with Crippen molar-refractivity contribution in [2.45, 2.75) is 20.3 Å². The average molecular weight is 303 g/mol. The second-order valence-corrected chi connectivity index (χ2v) is 5.58. The van der Waals surface area contributed by atoms with E-state index in [1.807, 2.05) is 12.1 Å². The van der Waals surface area contributed by atoms with Gasteiger partial charge in [0.2, 0.25) is 0 Å². The van der Waals surface area contributed by atoms with Gasteiger partial charge in [0.05, 0.1) is 10.4 Å². The predicted octanol–water partition coefficient (Wildman–Crippen LogP) is 3.62. The van der Waals surface area contributed by atoms with Crippen molar-refractivity contribution in [3.63, 3.8) is 0 Å². The zero-order chi connectivity index (χ0) is 15.9. The van der Waals surface area contributed by atoms with Crippen LogP contribution in [0.25, 0.3) is 10.9 Å². The molecule has 0 atom stereocenters. The first kappa shape index (κ1) is 16.2. The van der Waals surface area contributed by atoms with Crippen LogP contribution in [-0.2, 0) is 4.74 Å². The Balaban J connectivity index is 1.87. The summed E-state index contributed by atoms with van der Waals surface area (Å²) >= 11 is 0. The molecular formula is C16H21N3O3. The Morgan fingerprint density at radius 3 is 2.86 bits per heavy atom. The number of rotatable bonds is 8. The number of non-ortho nitro benzene ring substituents is 1. The number of nitro groups is 1. The molecule has 6 heteroatoms. The van der Waals surface area contributed by atoms with Gasteiger partial charge in [0.25, 0.3) is 5.69 Å². The Morgan fingerprint density at radius 2 is 2.14 bits per heavy atom. The summed E-state index contributed by atoms with van der Waals surface area (Å²) in [6, 6.07) is 8.35. The van der Waals surface area contributed by atoms with Gasteiger partial charge in [0.15, 0.2) is 0 Å². The number of fused-ring (bicyclic) bond motifs is 1. The summed E-state index contributed by atoms with van der Waals surface area (Å²) in [7, 11) is 0. The summed E-state index contributed by atoms with van der Waals surface area (Å²) in [6.45, 7) is 6.55. The number of ether oxygens (including phenoxy) is 1. The normalized spacial score (nSPS) is 11.0. The van der Waals surface area contributed by atoms with Crippen LogP contribution in [0.4, 0.5) is 11.5 Å². The SMILES string of the molecule is CC(C)COCCCNc1ccc2cc([N+](=O)[O-])ccc2n1. The van der Waals surface area contributed by atoms with Crippen LogP contribution in [0.15, 0.2) is 30.3 Å². The number of anilines is 1. The largest absolute Gasteiger partial charge is 0.381 e. The van der Waals surface area contributed by atoms with Crippen LogP contribution in [0.5, 0.6) is 0 Å². The first-order valence-corrected chi connectivity index (χ1v) is 7.43. The lowest BCUT2D eigenvalue weighted by Gasteiger charge is -2.08. The van der Waals surface area contributed by atoms with Gasteiger partial charge in [-0.2, -0.15) is 0 Å². The fourth-order valence-electron chi connectivity index (χ4n) is 2.03. The van der Waals surface area contributed by atoms with Crippen molar-refractivity contribution in [3.05, 3.63) is 40.4 Å². The third-order valence-corrected chi connectivity index (χ3v) is 3.11. The van der Waals surface area contributed by atoms with Crippen molar-refractivity contribution in [2.75, 3.05) is 25.1 Å². The molecule has 1 heterocycles. The molecule has 0 unspecified atom stereocenters. The van der Waals surface area contributed by atoms with Gasteiger partial charge in [-0.3, -0.25) is 10.1 Å². The van der Waals surface area contributed by atoms with E-state index in [0.29, 0.717) is 5.92 Å². The van der Waals surface area contributed by atoms with E-state index < -0.39 is 4.92 Å². The Bertz CT molecular complexity index is 644. The van der Waals surface area contributed by atoms with Crippen molar-refractivity contribution >= 4 is 22.4 Å². The second-order valence-electron chi connectivity index (χ2n) is 5.58. The van der Waals surface area contributed by atoms with E-state index in [2.05, 4.69) is 24.1 Å². The smallest absolute Gasteiger partial charge is 0.270 e. The molecule has 6 nitrogen and oxygen atoms in total. The zero-order valence-electron chi connectivity index (χ0n) is 12.9. The monoisotopic (exact) mass is 303 g/mol. The van der Waals surface area contributed by atoms with Crippen LogP contribution in [0.3, 0.4) is 0 Å². The fraction of sp³-hybridized carbons (Fsp3) is 0.438. The second kappa shape index (κ2) is 7.70. The van der Waals surface area contributed by atoms with E-state index in [1.165, 1.54) is 12.1 Å². The number of nitro benzene ring substituents is 1. The number of hydrogen-bond acceptors (Lipinski definition) is 5. The Morgan fingerprint density at radius 1 is 1.32 bits per heavy atom. The van der Waals surface area contributed by atoms with E-state index in [1.54, 1.807) is 6.07 Å². The molecule has 22 heavy (non-hydrogen) atoms. The molecule has 0 amide bonds. The standard InChI is InChI=1S/C16H21N3O3/c1-12(2)11-22-9-3-8-17-16-7-4-13-10-14(19(20)21)5-6-15(13)18-16/h4-7,10,12H,3,8-9,11H2,1-2H3,(H,17,18). The minimum atomic E-state index is -0.400. The number of pyridine rings is 1. The van der Waals surface area contributed by atoms with E-state index >= 15 is 0 Å². The maximum absolute atomic E-state index is 10.7. The molecule has 1 aromatic carbocycles. The molecule has 0 aliphatic carbocycles. The van der Waals surface area contributed by atoms with Crippen molar-refractivity contribution in [1.82, 2.24) is 4.98 Å². The van der Waals surface area contributed by atoms with Crippen LogP contribution in [0.2, 0.25) is 0 Å². The first-order valence-electron chi connectivity index (χ1n) is 7.43. The van der Waals surface area contributed by atoms with Crippen LogP contribution in [-0.4, -0.2) is 29.7 Å². The summed E-state index contributed by atoms with van der Waals surface area (Å²) in [5, 5.41) is 14.7. The predicted molar refractivity (Wildman–Crippen MR) is 87.2 cm³/mol. The molecule has 2 rings (SSSR count). The highest BCUT2D eigenvalue weighted by atomic mass is 16.6. The number of aromatic nitrogens is 1. The van der Waals surface area contributed by atoms with E-state index in [-0.39, 0.29) is 5.69 Å². The highest BCUT2D eigenvalue weighted by Crippen LogP contribution is 2.20. The molecule has 0 aliphatic rings. The van der Waals surface area contributed by atoms with Gasteiger partial charge in [-0.15, -0.1) is 0 Å². The van der Waals surface area contributed by atoms with Crippen molar-refractivity contribution < 1.29 is 9.66 Å². The number of hydrogen-bond donors (Lipinski definition) is 1. The van der Waals surface area contributed by atoms with Crippen LogP contribution >= 0.6 is 0 Å². The topological polar surface area (TPSA) is 77.3 Å². The minimum absolute atomic E-state index is 0.0808. The summed E-state index contributed by atoms with van der Waals surface area (Å²) in [6.07, 6.45) is 0.909. The Kier molecular flexibility index (Phi) is 5.66. The molecule has 1 N–H and O–H groups in total. The van der Waals surface area contributed by atoms with Gasteiger partial charge in [-0.05, 0) is 30.5 Å². The minimum Gasteiger partial charge on any atom is -0.381 e. The molecule has 0 saturated heterocycles. The van der Waals surface area contributed by atoms with Crippen molar-refractivity contribution in [1.29, 1.82) is 0 Å². The molecule has 0 radical (unpaired) electrons. The van der Waals surface area contributed by atoms with Crippen LogP contribution in [0.1, 0.15) is 20.3 Å². The quantitative estimate of drug-likeness (QED) is 0.458. The third-order valence-electron chi connectivity index (χ3n) is 3.11. The lowest BCUT2D eigenvalue weighted by atomic mass is 10.2. The Labute approximate surface area is 129 Å². The third kappa shape index (κ3) is 4.66. The fourth-order valence-corrected chi connectivity index (χ4v) is 2.03. The average Bonchev–Trinajstić information content (AvgIpc) is 2.49. The molecule has 118 valence electrons. The number of nitrogens with one attached hydrogen (secondary N) is 1. The molecule has 0 aliphatic heterocycles. The van der Waals surface area contributed by atoms with Gasteiger partial charge >= 0.3 is 0 Å². The molecule has 2 aromatic rings. The molecule has 1 aromatic heterocycles. The molecule has 0 saturated carbocycles. The Hall–Kier alpha value is -2.21. The van der Waals surface area contributed by atoms with Crippen LogP contribution < -0.4 is 5.32 Å². The van der Waals surface area contributed by atoms with Gasteiger partial charge in [-0.25, -0.2) is 4.98 Å². The first-order chi connectivity index (χ1) is 10.6. The number of benzene rings is 1.